The van der Waals surface area contributed by atoms with E-state index < -0.39 is 7.14 Å². The first-order valence-electron chi connectivity index (χ1n) is 12.5. The second-order valence-electron chi connectivity index (χ2n) is 10.1. The van der Waals surface area contributed by atoms with E-state index in [0.29, 0.717) is 22.7 Å². The van der Waals surface area contributed by atoms with E-state index in [4.69, 9.17) is 16.3 Å². The van der Waals surface area contributed by atoms with Crippen LogP contribution in [0.15, 0.2) is 36.5 Å². The zero-order valence-corrected chi connectivity index (χ0v) is 22.8. The minimum absolute atomic E-state index is 0.126. The van der Waals surface area contributed by atoms with Crippen molar-refractivity contribution in [3.63, 3.8) is 0 Å². The Morgan fingerprint density at radius 3 is 2.64 bits per heavy atom. The molecule has 3 N–H and O–H groups in total. The summed E-state index contributed by atoms with van der Waals surface area (Å²) in [5.41, 5.74) is 5.60. The van der Waals surface area contributed by atoms with E-state index in [2.05, 4.69) is 45.8 Å². The predicted octanol–water partition coefficient (Wildman–Crippen LogP) is 5.96. The number of halogens is 1. The maximum Gasteiger partial charge on any atom is 0.229 e. The summed E-state index contributed by atoms with van der Waals surface area (Å²) in [6.45, 7) is 9.91. The number of hydrogen-bond acceptors (Lipinski definition) is 7. The molecule has 2 aliphatic rings. The second-order valence-corrected chi connectivity index (χ2v) is 13.7. The van der Waals surface area contributed by atoms with Crippen molar-refractivity contribution in [2.24, 2.45) is 0 Å². The Kier molecular flexibility index (Phi) is 6.99. The van der Waals surface area contributed by atoms with Gasteiger partial charge < -0.3 is 25.3 Å². The van der Waals surface area contributed by atoms with E-state index in [9.17, 15) is 4.57 Å². The minimum atomic E-state index is -2.50. The number of para-hydroxylation sites is 1. The highest BCUT2D eigenvalue weighted by atomic mass is 35.5. The van der Waals surface area contributed by atoms with E-state index in [1.165, 1.54) is 16.7 Å². The zero-order chi connectivity index (χ0) is 25.4. The average Bonchev–Trinajstić information content (AvgIpc) is 3.23. The lowest BCUT2D eigenvalue weighted by Crippen LogP contribution is -2.27. The van der Waals surface area contributed by atoms with E-state index in [1.54, 1.807) is 19.5 Å². The number of fused-ring (bicyclic) bond motifs is 1. The molecule has 0 bridgehead atoms. The quantitative estimate of drug-likeness (QED) is 0.342. The van der Waals surface area contributed by atoms with Crippen molar-refractivity contribution in [3.8, 4) is 5.75 Å². The van der Waals surface area contributed by atoms with Gasteiger partial charge in [-0.25, -0.2) is 4.98 Å². The Balaban J connectivity index is 1.47. The van der Waals surface area contributed by atoms with Gasteiger partial charge in [0, 0.05) is 17.3 Å². The van der Waals surface area contributed by atoms with Crippen LogP contribution in [0.1, 0.15) is 42.4 Å². The molecule has 36 heavy (non-hydrogen) atoms. The molecular formula is C27H33ClN5O2P. The standard InChI is InChI=1S/C27H33ClN5O2P/c1-16-13-22(25-19(14-17(2)35-25)24(16)18-9-11-29-12-10-18)32-27-30-15-20(28)26(33-27)31-21-7-5-6-8-23(21)36(3,4)34/h5-8,13,15,17-18,29H,9-12,14H2,1-4H3,(H2,30,31,32,33)/t17-/m1/s1. The average molecular weight is 526 g/mol. The Hall–Kier alpha value is -2.60. The van der Waals surface area contributed by atoms with Gasteiger partial charge in [0.15, 0.2) is 5.82 Å². The molecule has 1 fully saturated rings. The van der Waals surface area contributed by atoms with Crippen LogP contribution < -0.4 is 26.0 Å². The Labute approximate surface area is 217 Å². The maximum absolute atomic E-state index is 12.8. The molecule has 3 aromatic rings. The number of rotatable bonds is 6. The van der Waals surface area contributed by atoms with Gasteiger partial charge in [0.05, 0.1) is 17.6 Å². The van der Waals surface area contributed by atoms with Crippen molar-refractivity contribution in [2.75, 3.05) is 37.1 Å². The zero-order valence-electron chi connectivity index (χ0n) is 21.2. The predicted molar refractivity (Wildman–Crippen MR) is 149 cm³/mol. The summed E-state index contributed by atoms with van der Waals surface area (Å²) in [5.74, 6) is 2.32. The fourth-order valence-corrected chi connectivity index (χ4v) is 6.63. The topological polar surface area (TPSA) is 88.2 Å². The summed E-state index contributed by atoms with van der Waals surface area (Å²) < 4.78 is 19.1. The van der Waals surface area contributed by atoms with Gasteiger partial charge in [0.2, 0.25) is 5.95 Å². The van der Waals surface area contributed by atoms with Crippen LogP contribution in [0, 0.1) is 6.92 Å². The number of ether oxygens (including phenoxy) is 1. The van der Waals surface area contributed by atoms with Crippen LogP contribution in [0.4, 0.5) is 23.1 Å². The van der Waals surface area contributed by atoms with E-state index in [-0.39, 0.29) is 6.10 Å². The molecule has 1 atom stereocenters. The lowest BCUT2D eigenvalue weighted by atomic mass is 9.83. The molecule has 0 amide bonds. The Morgan fingerprint density at radius 2 is 1.89 bits per heavy atom. The summed E-state index contributed by atoms with van der Waals surface area (Å²) in [4.78, 5) is 9.07. The minimum Gasteiger partial charge on any atom is -0.488 e. The van der Waals surface area contributed by atoms with Crippen molar-refractivity contribution >= 4 is 47.2 Å². The number of hydrogen-bond donors (Lipinski definition) is 3. The SMILES string of the molecule is Cc1cc(Nc2ncc(Cl)c(Nc3ccccc3P(C)(C)=O)n2)c2c(c1C1CCNCC1)C[C@@H](C)O2. The van der Waals surface area contributed by atoms with Gasteiger partial charge in [-0.15, -0.1) is 0 Å². The van der Waals surface area contributed by atoms with Crippen LogP contribution in [0.5, 0.6) is 5.75 Å². The third kappa shape index (κ3) is 5.10. The van der Waals surface area contributed by atoms with Crippen LogP contribution in [0.3, 0.4) is 0 Å². The van der Waals surface area contributed by atoms with Crippen molar-refractivity contribution < 1.29 is 9.30 Å². The summed E-state index contributed by atoms with van der Waals surface area (Å²) in [5, 5.41) is 11.2. The first kappa shape index (κ1) is 25.1. The third-order valence-electron chi connectivity index (χ3n) is 6.92. The molecule has 190 valence electrons. The van der Waals surface area contributed by atoms with Crippen molar-refractivity contribution in [1.82, 2.24) is 15.3 Å². The van der Waals surface area contributed by atoms with Crippen molar-refractivity contribution in [1.29, 1.82) is 0 Å². The molecule has 0 radical (unpaired) electrons. The molecule has 0 spiro atoms. The molecule has 2 aromatic carbocycles. The van der Waals surface area contributed by atoms with Crippen LogP contribution in [0.2, 0.25) is 5.02 Å². The highest BCUT2D eigenvalue weighted by molar-refractivity contribution is 7.70. The largest absolute Gasteiger partial charge is 0.488 e. The van der Waals surface area contributed by atoms with Crippen LogP contribution in [-0.4, -0.2) is 42.5 Å². The van der Waals surface area contributed by atoms with Crippen LogP contribution in [0.25, 0.3) is 0 Å². The number of anilines is 4. The van der Waals surface area contributed by atoms with Gasteiger partial charge in [-0.05, 0) is 88.4 Å². The normalized spacial score (nSPS) is 18.0. The molecule has 1 saturated heterocycles. The summed E-state index contributed by atoms with van der Waals surface area (Å²) in [6, 6.07) is 9.67. The maximum atomic E-state index is 12.8. The molecular weight excluding hydrogens is 493 g/mol. The van der Waals surface area contributed by atoms with Gasteiger partial charge >= 0.3 is 0 Å². The van der Waals surface area contributed by atoms with Crippen LogP contribution in [-0.2, 0) is 11.0 Å². The first-order chi connectivity index (χ1) is 17.2. The second kappa shape index (κ2) is 10.0. The number of benzene rings is 2. The van der Waals surface area contributed by atoms with E-state index in [0.717, 1.165) is 54.8 Å². The molecule has 2 aliphatic heterocycles. The summed E-state index contributed by atoms with van der Waals surface area (Å²) in [6.07, 6.45) is 4.89. The summed E-state index contributed by atoms with van der Waals surface area (Å²) in [7, 11) is -2.50. The Morgan fingerprint density at radius 1 is 1.14 bits per heavy atom. The molecule has 9 heteroatoms. The lowest BCUT2D eigenvalue weighted by molar-refractivity contribution is 0.256. The summed E-state index contributed by atoms with van der Waals surface area (Å²) >= 11 is 6.45. The van der Waals surface area contributed by atoms with Gasteiger partial charge in [0.1, 0.15) is 24.0 Å². The molecule has 0 saturated carbocycles. The number of aryl methyl sites for hydroxylation is 1. The van der Waals surface area contributed by atoms with Crippen LogP contribution >= 0.6 is 18.7 Å². The molecule has 7 nitrogen and oxygen atoms in total. The third-order valence-corrected chi connectivity index (χ3v) is 8.74. The molecule has 1 aromatic heterocycles. The van der Waals surface area contributed by atoms with Gasteiger partial charge in [0.25, 0.3) is 0 Å². The number of nitrogens with zero attached hydrogens (tertiary/aromatic N) is 2. The molecule has 0 unspecified atom stereocenters. The number of aromatic nitrogens is 2. The fourth-order valence-electron chi connectivity index (χ4n) is 5.33. The van der Waals surface area contributed by atoms with E-state index in [1.807, 2.05) is 24.3 Å². The monoisotopic (exact) mass is 525 g/mol. The number of nitrogens with one attached hydrogen (secondary N) is 3. The highest BCUT2D eigenvalue weighted by Crippen LogP contribution is 2.45. The molecule has 0 aliphatic carbocycles. The molecule has 3 heterocycles. The smallest absolute Gasteiger partial charge is 0.229 e. The van der Waals surface area contributed by atoms with Gasteiger partial charge in [-0.2, -0.15) is 4.98 Å². The Bertz CT molecular complexity index is 1340. The van der Waals surface area contributed by atoms with Gasteiger partial charge in [-0.3, -0.25) is 0 Å². The van der Waals surface area contributed by atoms with E-state index >= 15 is 0 Å². The van der Waals surface area contributed by atoms with Crippen molar-refractivity contribution in [3.05, 3.63) is 58.2 Å². The molecule has 5 rings (SSSR count). The highest BCUT2D eigenvalue weighted by Gasteiger charge is 2.31. The lowest BCUT2D eigenvalue weighted by Gasteiger charge is -2.27. The fraction of sp³-hybridized carbons (Fsp3) is 0.407. The first-order valence-corrected chi connectivity index (χ1v) is 15.4. The number of piperidine rings is 1. The van der Waals surface area contributed by atoms with Gasteiger partial charge in [-0.1, -0.05) is 23.7 Å². The van der Waals surface area contributed by atoms with Crippen molar-refractivity contribution in [2.45, 2.75) is 45.1 Å².